The van der Waals surface area contributed by atoms with E-state index in [0.717, 1.165) is 49.3 Å². The van der Waals surface area contributed by atoms with Gasteiger partial charge in [0.25, 0.3) is 18.2 Å². The molecule has 14 heteroatoms. The minimum absolute atomic E-state index is 0.0270. The number of ether oxygens (including phenoxy) is 1. The maximum Gasteiger partial charge on any atom is 0.408 e. The molecule has 0 radical (unpaired) electrons. The molecule has 40 heavy (non-hydrogen) atoms. The van der Waals surface area contributed by atoms with Crippen LogP contribution in [-0.2, 0) is 4.74 Å². The second kappa shape index (κ2) is 11.6. The number of aromatic nitrogens is 2. The van der Waals surface area contributed by atoms with Gasteiger partial charge in [-0.05, 0) is 51.0 Å². The van der Waals surface area contributed by atoms with Gasteiger partial charge in [-0.2, -0.15) is 13.2 Å². The van der Waals surface area contributed by atoms with Gasteiger partial charge in [0.05, 0.1) is 4.88 Å². The Hall–Kier alpha value is -2.87. The third-order valence-electron chi connectivity index (χ3n) is 7.81. The number of pyridine rings is 1. The number of rotatable bonds is 8. The number of hydrogen-bond acceptors (Lipinski definition) is 7. The Kier molecular flexibility index (Phi) is 8.27. The first kappa shape index (κ1) is 28.7. The molecule has 3 aliphatic rings. The molecule has 8 nitrogen and oxygen atoms in total. The van der Waals surface area contributed by atoms with Crippen LogP contribution in [0.5, 0.6) is 0 Å². The van der Waals surface area contributed by atoms with E-state index in [-0.39, 0.29) is 51.5 Å². The average Bonchev–Trinajstić information content (AvgIpc) is 3.66. The van der Waals surface area contributed by atoms with Crippen molar-refractivity contribution in [1.82, 2.24) is 20.2 Å². The highest BCUT2D eigenvalue weighted by molar-refractivity contribution is 7.17. The Morgan fingerprint density at radius 2 is 1.77 bits per heavy atom. The monoisotopic (exact) mass is 587 g/mol. The van der Waals surface area contributed by atoms with Crippen molar-refractivity contribution in [3.63, 3.8) is 0 Å². The van der Waals surface area contributed by atoms with Crippen molar-refractivity contribution >= 4 is 29.0 Å². The number of carbonyl (C=O) groups excluding carboxylic acids is 2. The number of amides is 2. The Morgan fingerprint density at radius 1 is 1.12 bits per heavy atom. The minimum Gasteiger partial charge on any atom is -0.381 e. The fourth-order valence-electron chi connectivity index (χ4n) is 5.71. The number of fused-ring (bicyclic) bond motifs is 2. The molecule has 2 amide bonds. The summed E-state index contributed by atoms with van der Waals surface area (Å²) in [6.45, 7) is 2.31. The summed E-state index contributed by atoms with van der Waals surface area (Å²) in [6, 6.07) is -1.20. The van der Waals surface area contributed by atoms with Gasteiger partial charge in [0, 0.05) is 48.7 Å². The summed E-state index contributed by atoms with van der Waals surface area (Å²) >= 11 is 0.804. The summed E-state index contributed by atoms with van der Waals surface area (Å²) in [7, 11) is 0. The normalized spacial score (nSPS) is 22.1. The van der Waals surface area contributed by atoms with Crippen LogP contribution < -0.4 is 10.6 Å². The second-order valence-electron chi connectivity index (χ2n) is 10.3. The molecule has 0 spiro atoms. The molecule has 5 rings (SSSR count). The summed E-state index contributed by atoms with van der Waals surface area (Å²) in [5, 5.41) is 5.01. The van der Waals surface area contributed by atoms with Crippen molar-refractivity contribution < 1.29 is 36.3 Å². The molecule has 2 aromatic rings. The lowest BCUT2D eigenvalue weighted by Gasteiger charge is -2.22. The molecule has 0 aliphatic carbocycles. The van der Waals surface area contributed by atoms with Crippen LogP contribution in [0.15, 0.2) is 12.3 Å². The predicted molar refractivity (Wildman–Crippen MR) is 138 cm³/mol. The highest BCUT2D eigenvalue weighted by atomic mass is 32.1. The topological polar surface area (TPSA) is 96.4 Å². The molecule has 0 aromatic carbocycles. The second-order valence-corrected chi connectivity index (χ2v) is 11.3. The van der Waals surface area contributed by atoms with Gasteiger partial charge in [-0.1, -0.05) is 6.92 Å². The molecule has 218 valence electrons. The summed E-state index contributed by atoms with van der Waals surface area (Å²) in [4.78, 5) is 37.0. The van der Waals surface area contributed by atoms with Crippen molar-refractivity contribution in [2.45, 2.75) is 88.6 Å². The molecule has 1 atom stereocenters. The van der Waals surface area contributed by atoms with Crippen LogP contribution >= 0.6 is 11.3 Å². The van der Waals surface area contributed by atoms with Gasteiger partial charge in [-0.3, -0.25) is 9.59 Å². The molecule has 0 saturated carbocycles. The van der Waals surface area contributed by atoms with E-state index in [9.17, 15) is 31.5 Å². The van der Waals surface area contributed by atoms with Crippen LogP contribution in [0, 0.1) is 0 Å². The van der Waals surface area contributed by atoms with Crippen LogP contribution in [0.2, 0.25) is 0 Å². The lowest BCUT2D eigenvalue weighted by molar-refractivity contribution is -0.142. The SMILES string of the molecule is CC[C@H](Nc1cc(C(F)F)c(-c2sc(C(=O)NC3CCOCC3)nc2C(=O)N2[C@H]3CC[C@H]2CC3)cn1)C(F)(F)F. The van der Waals surface area contributed by atoms with Gasteiger partial charge < -0.3 is 20.3 Å². The van der Waals surface area contributed by atoms with Crippen LogP contribution in [0.3, 0.4) is 0 Å². The standard InChI is InChI=1S/C26H30F5N5O3S/c1-2-18(26(29,30)31)34-19-11-16(22(27)28)17(12-32-19)21-20(25(38)36-14-3-4-15(36)6-5-14)35-24(40-21)23(37)33-13-7-9-39-10-8-13/h11-15,18,22H,2-10H2,1H3,(H,32,34)(H,33,37)/t14-,15-,18-/m0/s1. The predicted octanol–water partition coefficient (Wildman–Crippen LogP) is 5.57. The zero-order valence-corrected chi connectivity index (χ0v) is 22.6. The molecule has 2 N–H and O–H groups in total. The van der Waals surface area contributed by atoms with Crippen LogP contribution in [0.25, 0.3) is 10.4 Å². The third-order valence-corrected chi connectivity index (χ3v) is 8.90. The third kappa shape index (κ3) is 5.78. The Bertz CT molecular complexity index is 1230. The quantitative estimate of drug-likeness (QED) is 0.392. The highest BCUT2D eigenvalue weighted by Gasteiger charge is 2.44. The number of alkyl halides is 5. The van der Waals surface area contributed by atoms with Crippen LogP contribution in [0.1, 0.15) is 84.1 Å². The van der Waals surface area contributed by atoms with Gasteiger partial charge in [0.2, 0.25) is 0 Å². The van der Waals surface area contributed by atoms with E-state index >= 15 is 0 Å². The first-order valence-corrected chi connectivity index (χ1v) is 14.2. The van der Waals surface area contributed by atoms with Gasteiger partial charge >= 0.3 is 6.18 Å². The van der Waals surface area contributed by atoms with E-state index < -0.39 is 36.0 Å². The van der Waals surface area contributed by atoms with Gasteiger partial charge in [-0.25, -0.2) is 18.7 Å². The van der Waals surface area contributed by atoms with Crippen molar-refractivity contribution in [2.24, 2.45) is 0 Å². The summed E-state index contributed by atoms with van der Waals surface area (Å²) in [5.41, 5.74) is -0.863. The lowest BCUT2D eigenvalue weighted by atomic mass is 10.0. The molecular weight excluding hydrogens is 557 g/mol. The Balaban J connectivity index is 1.52. The number of nitrogens with zero attached hydrogens (tertiary/aromatic N) is 3. The number of carbonyl (C=O) groups is 2. The van der Waals surface area contributed by atoms with Crippen molar-refractivity contribution in [2.75, 3.05) is 18.5 Å². The van der Waals surface area contributed by atoms with Crippen molar-refractivity contribution in [1.29, 1.82) is 0 Å². The first-order chi connectivity index (χ1) is 19.1. The van der Waals surface area contributed by atoms with Crippen LogP contribution in [0.4, 0.5) is 27.8 Å². The number of hydrogen-bond donors (Lipinski definition) is 2. The van der Waals surface area contributed by atoms with E-state index in [2.05, 4.69) is 20.6 Å². The number of thiazole rings is 1. The molecular formula is C26H30F5N5O3S. The zero-order valence-electron chi connectivity index (χ0n) is 21.8. The largest absolute Gasteiger partial charge is 0.408 e. The molecule has 3 saturated heterocycles. The summed E-state index contributed by atoms with van der Waals surface area (Å²) in [5.74, 6) is -1.33. The van der Waals surface area contributed by atoms with Crippen molar-refractivity contribution in [3.8, 4) is 10.4 Å². The van der Waals surface area contributed by atoms with E-state index in [1.54, 1.807) is 4.90 Å². The summed E-state index contributed by atoms with van der Waals surface area (Å²) in [6.07, 6.45) is -2.40. The molecule has 2 bridgehead atoms. The molecule has 0 unspecified atom stereocenters. The fraction of sp³-hybridized carbons (Fsp3) is 0.615. The highest BCUT2D eigenvalue weighted by Crippen LogP contribution is 2.42. The van der Waals surface area contributed by atoms with Gasteiger partial charge in [-0.15, -0.1) is 11.3 Å². The van der Waals surface area contributed by atoms with Crippen molar-refractivity contribution in [3.05, 3.63) is 28.5 Å². The molecule has 3 aliphatic heterocycles. The number of anilines is 1. The molecule has 3 fully saturated rings. The van der Waals surface area contributed by atoms with E-state index in [4.69, 9.17) is 4.74 Å². The minimum atomic E-state index is -4.60. The zero-order chi connectivity index (χ0) is 28.6. The van der Waals surface area contributed by atoms with E-state index in [1.165, 1.54) is 6.92 Å². The fourth-order valence-corrected chi connectivity index (χ4v) is 6.71. The summed E-state index contributed by atoms with van der Waals surface area (Å²) < 4.78 is 73.8. The van der Waals surface area contributed by atoms with E-state index in [1.807, 2.05) is 0 Å². The van der Waals surface area contributed by atoms with Crippen LogP contribution in [-0.4, -0.2) is 70.2 Å². The maximum absolute atomic E-state index is 14.3. The lowest BCUT2D eigenvalue weighted by Crippen LogP contribution is -2.39. The van der Waals surface area contributed by atoms with E-state index in [0.29, 0.717) is 26.1 Å². The average molecular weight is 588 g/mol. The Morgan fingerprint density at radius 3 is 2.35 bits per heavy atom. The number of halogens is 5. The Labute approximate surface area is 231 Å². The van der Waals surface area contributed by atoms with Gasteiger partial charge in [0.1, 0.15) is 17.6 Å². The molecule has 5 heterocycles. The first-order valence-electron chi connectivity index (χ1n) is 13.4. The smallest absolute Gasteiger partial charge is 0.381 e. The maximum atomic E-state index is 14.3. The van der Waals surface area contributed by atoms with Gasteiger partial charge in [0.15, 0.2) is 5.01 Å². The molecule has 2 aromatic heterocycles. The number of nitrogens with one attached hydrogen (secondary N) is 2.